The van der Waals surface area contributed by atoms with E-state index in [4.69, 9.17) is 5.73 Å². The lowest BCUT2D eigenvalue weighted by molar-refractivity contribution is 0.631. The Balaban J connectivity index is 1.96. The molecule has 3 rings (SSSR count). The van der Waals surface area contributed by atoms with E-state index in [-0.39, 0.29) is 5.82 Å². The molecule has 0 spiro atoms. The molecule has 7 heteroatoms. The maximum absolute atomic E-state index is 13.7. The second-order valence-electron chi connectivity index (χ2n) is 4.21. The molecule has 0 amide bonds. The Labute approximate surface area is 122 Å². The zero-order valence-corrected chi connectivity index (χ0v) is 11.9. The third kappa shape index (κ3) is 2.50. The number of hydrogen-bond acceptors (Lipinski definition) is 4. The maximum Gasteiger partial charge on any atom is 0.153 e. The molecule has 0 saturated carbocycles. The van der Waals surface area contributed by atoms with Gasteiger partial charge in [-0.2, -0.15) is 0 Å². The molecule has 0 fully saturated rings. The van der Waals surface area contributed by atoms with Gasteiger partial charge in [-0.1, -0.05) is 15.9 Å². The molecule has 20 heavy (non-hydrogen) atoms. The number of nitrogens with two attached hydrogens (primary N) is 1. The van der Waals surface area contributed by atoms with Crippen molar-refractivity contribution in [1.82, 2.24) is 14.6 Å². The molecule has 102 valence electrons. The van der Waals surface area contributed by atoms with Gasteiger partial charge in [0.25, 0.3) is 0 Å². The zero-order valence-electron chi connectivity index (χ0n) is 10.3. The van der Waals surface area contributed by atoms with Crippen LogP contribution in [0.25, 0.3) is 5.65 Å². The Bertz CT molecular complexity index is 771. The molecule has 3 aromatic rings. The van der Waals surface area contributed by atoms with Gasteiger partial charge in [0.1, 0.15) is 5.82 Å². The molecular formula is C13H11BrFN5. The summed E-state index contributed by atoms with van der Waals surface area (Å²) in [4.78, 5) is 4.28. The molecule has 0 atom stereocenters. The van der Waals surface area contributed by atoms with Crippen LogP contribution in [0.3, 0.4) is 0 Å². The van der Waals surface area contributed by atoms with E-state index in [9.17, 15) is 4.39 Å². The lowest BCUT2D eigenvalue weighted by Gasteiger charge is -2.07. The summed E-state index contributed by atoms with van der Waals surface area (Å²) >= 11 is 3.31. The van der Waals surface area contributed by atoms with Gasteiger partial charge >= 0.3 is 0 Å². The molecule has 2 aromatic heterocycles. The number of nitrogens with zero attached hydrogens (tertiary/aromatic N) is 3. The van der Waals surface area contributed by atoms with E-state index < -0.39 is 0 Å². The summed E-state index contributed by atoms with van der Waals surface area (Å²) in [7, 11) is 0. The van der Waals surface area contributed by atoms with E-state index in [1.165, 1.54) is 6.07 Å². The summed E-state index contributed by atoms with van der Waals surface area (Å²) in [5.74, 6) is 0.179. The molecule has 0 aliphatic heterocycles. The number of fused-ring (bicyclic) bond motifs is 1. The van der Waals surface area contributed by atoms with Crippen LogP contribution in [0.5, 0.6) is 0 Å². The SMILES string of the molecule is NCc1cn2nc(Nc3cc(Br)ccc3F)ccc2n1. The van der Waals surface area contributed by atoms with Crippen LogP contribution in [0.2, 0.25) is 0 Å². The minimum Gasteiger partial charge on any atom is -0.336 e. The first-order valence-corrected chi connectivity index (χ1v) is 6.72. The van der Waals surface area contributed by atoms with Crippen LogP contribution in [0.1, 0.15) is 5.69 Å². The van der Waals surface area contributed by atoms with Gasteiger partial charge in [-0.05, 0) is 30.3 Å². The molecule has 0 aliphatic rings. The number of aromatic nitrogens is 3. The minimum absolute atomic E-state index is 0.344. The van der Waals surface area contributed by atoms with Gasteiger partial charge in [0.15, 0.2) is 11.5 Å². The van der Waals surface area contributed by atoms with Crippen LogP contribution in [0.4, 0.5) is 15.9 Å². The maximum atomic E-state index is 13.7. The van der Waals surface area contributed by atoms with E-state index >= 15 is 0 Å². The number of imidazole rings is 1. The summed E-state index contributed by atoms with van der Waals surface area (Å²) in [6.07, 6.45) is 1.75. The Morgan fingerprint density at radius 1 is 1.30 bits per heavy atom. The van der Waals surface area contributed by atoms with E-state index in [0.717, 1.165) is 10.2 Å². The van der Waals surface area contributed by atoms with Gasteiger partial charge in [-0.25, -0.2) is 13.9 Å². The number of benzene rings is 1. The van der Waals surface area contributed by atoms with Crippen molar-refractivity contribution < 1.29 is 4.39 Å². The van der Waals surface area contributed by atoms with Gasteiger partial charge < -0.3 is 11.1 Å². The molecule has 0 bridgehead atoms. The third-order valence-electron chi connectivity index (χ3n) is 2.77. The first-order chi connectivity index (χ1) is 9.65. The molecule has 0 radical (unpaired) electrons. The van der Waals surface area contributed by atoms with Crippen LogP contribution in [-0.4, -0.2) is 14.6 Å². The highest BCUT2D eigenvalue weighted by Crippen LogP contribution is 2.23. The van der Waals surface area contributed by atoms with Crippen molar-refractivity contribution in [3.63, 3.8) is 0 Å². The highest BCUT2D eigenvalue weighted by molar-refractivity contribution is 9.10. The smallest absolute Gasteiger partial charge is 0.153 e. The molecule has 0 aliphatic carbocycles. The molecule has 2 heterocycles. The Morgan fingerprint density at radius 2 is 2.15 bits per heavy atom. The number of nitrogens with one attached hydrogen (secondary N) is 1. The number of halogens is 2. The van der Waals surface area contributed by atoms with Crippen molar-refractivity contribution in [2.75, 3.05) is 5.32 Å². The van der Waals surface area contributed by atoms with E-state index in [1.807, 2.05) is 0 Å². The summed E-state index contributed by atoms with van der Waals surface area (Å²) in [5, 5.41) is 7.25. The molecule has 0 saturated heterocycles. The minimum atomic E-state index is -0.344. The normalized spacial score (nSPS) is 10.9. The summed E-state index contributed by atoms with van der Waals surface area (Å²) in [6, 6.07) is 8.21. The summed E-state index contributed by atoms with van der Waals surface area (Å²) in [5.41, 5.74) is 7.34. The van der Waals surface area contributed by atoms with Crippen molar-refractivity contribution in [1.29, 1.82) is 0 Å². The lowest BCUT2D eigenvalue weighted by Crippen LogP contribution is -2.00. The zero-order chi connectivity index (χ0) is 14.1. The monoisotopic (exact) mass is 335 g/mol. The van der Waals surface area contributed by atoms with Gasteiger partial charge in [-0.15, -0.1) is 5.10 Å². The van der Waals surface area contributed by atoms with E-state index in [2.05, 4.69) is 31.3 Å². The first-order valence-electron chi connectivity index (χ1n) is 5.93. The fourth-order valence-corrected chi connectivity index (χ4v) is 2.19. The summed E-state index contributed by atoms with van der Waals surface area (Å²) in [6.45, 7) is 0.354. The molecule has 5 nitrogen and oxygen atoms in total. The Kier molecular flexibility index (Phi) is 3.37. The number of hydrogen-bond donors (Lipinski definition) is 2. The van der Waals surface area contributed by atoms with Crippen molar-refractivity contribution in [2.45, 2.75) is 6.54 Å². The highest BCUT2D eigenvalue weighted by atomic mass is 79.9. The highest BCUT2D eigenvalue weighted by Gasteiger charge is 2.06. The third-order valence-corrected chi connectivity index (χ3v) is 3.26. The average Bonchev–Trinajstić information content (AvgIpc) is 2.85. The average molecular weight is 336 g/mol. The van der Waals surface area contributed by atoms with Crippen LogP contribution in [0, 0.1) is 5.82 Å². The van der Waals surface area contributed by atoms with Gasteiger partial charge in [0.2, 0.25) is 0 Å². The van der Waals surface area contributed by atoms with Crippen molar-refractivity contribution in [2.24, 2.45) is 5.73 Å². The summed E-state index contributed by atoms with van der Waals surface area (Å²) < 4.78 is 16.1. The van der Waals surface area contributed by atoms with Gasteiger partial charge in [0.05, 0.1) is 17.6 Å². The Morgan fingerprint density at radius 3 is 2.95 bits per heavy atom. The molecule has 1 aromatic carbocycles. The lowest BCUT2D eigenvalue weighted by atomic mass is 10.3. The standard InChI is InChI=1S/C13H11BrFN5/c14-8-1-2-10(15)11(5-8)18-12-3-4-13-17-9(6-16)7-20(13)19-12/h1-5,7H,6,16H2,(H,18,19). The fraction of sp³-hybridized carbons (Fsp3) is 0.0769. The van der Waals surface area contributed by atoms with Crippen LogP contribution in [-0.2, 0) is 6.54 Å². The van der Waals surface area contributed by atoms with Gasteiger partial charge in [0, 0.05) is 11.0 Å². The second kappa shape index (κ2) is 5.18. The van der Waals surface area contributed by atoms with Gasteiger partial charge in [-0.3, -0.25) is 0 Å². The number of rotatable bonds is 3. The van der Waals surface area contributed by atoms with Crippen molar-refractivity contribution in [3.8, 4) is 0 Å². The van der Waals surface area contributed by atoms with Crippen molar-refractivity contribution in [3.05, 3.63) is 52.5 Å². The molecule has 0 unspecified atom stereocenters. The Hall–Kier alpha value is -1.99. The predicted molar refractivity (Wildman–Crippen MR) is 78.3 cm³/mol. The van der Waals surface area contributed by atoms with Crippen LogP contribution >= 0.6 is 15.9 Å². The first kappa shape index (κ1) is 13.0. The van der Waals surface area contributed by atoms with E-state index in [1.54, 1.807) is 35.0 Å². The topological polar surface area (TPSA) is 68.2 Å². The molecular weight excluding hydrogens is 325 g/mol. The predicted octanol–water partition coefficient (Wildman–Crippen LogP) is 2.83. The van der Waals surface area contributed by atoms with E-state index in [0.29, 0.717) is 23.7 Å². The van der Waals surface area contributed by atoms with Crippen LogP contribution < -0.4 is 11.1 Å². The molecule has 3 N–H and O–H groups in total. The van der Waals surface area contributed by atoms with Crippen LogP contribution in [0.15, 0.2) is 41.0 Å². The fourth-order valence-electron chi connectivity index (χ4n) is 1.83. The van der Waals surface area contributed by atoms with Crippen molar-refractivity contribution >= 4 is 33.1 Å². The second-order valence-corrected chi connectivity index (χ2v) is 5.12. The number of anilines is 2. The largest absolute Gasteiger partial charge is 0.336 e. The quantitative estimate of drug-likeness (QED) is 0.772.